The Morgan fingerprint density at radius 2 is 2.23 bits per heavy atom. The van der Waals surface area contributed by atoms with Crippen LogP contribution < -0.4 is 15.2 Å². The number of thiazole rings is 1. The van der Waals surface area contributed by atoms with Gasteiger partial charge in [0.05, 0.1) is 0 Å². The van der Waals surface area contributed by atoms with Gasteiger partial charge < -0.3 is 0 Å². The van der Waals surface area contributed by atoms with Gasteiger partial charge in [-0.2, -0.15) is 0 Å². The predicted molar refractivity (Wildman–Crippen MR) is 129 cm³/mol. The van der Waals surface area contributed by atoms with Crippen molar-refractivity contribution in [1.82, 2.24) is 24.6 Å². The van der Waals surface area contributed by atoms with E-state index in [1.165, 1.54) is 23.7 Å². The molecular formula is C23H23F3N6OSSe. The molecule has 1 saturated carbocycles. The van der Waals surface area contributed by atoms with Crippen molar-refractivity contribution in [1.29, 1.82) is 0 Å². The molecule has 1 aliphatic carbocycles. The summed E-state index contributed by atoms with van der Waals surface area (Å²) in [7, 11) is 2.10. The molecule has 4 heterocycles. The molecule has 3 aromatic rings. The van der Waals surface area contributed by atoms with E-state index in [0.717, 1.165) is 30.9 Å². The van der Waals surface area contributed by atoms with Crippen LogP contribution in [0.4, 0.5) is 19.0 Å². The number of carbonyl (C=O) groups excluding carboxylic acids is 1. The number of hydrogen-bond acceptors (Lipinski definition) is 6. The molecule has 2 fully saturated rings. The molecule has 1 saturated heterocycles. The maximum absolute atomic E-state index is 13.5. The van der Waals surface area contributed by atoms with Gasteiger partial charge in [-0.05, 0) is 0 Å². The number of nitrogens with one attached hydrogen (secondary N) is 2. The number of carbonyl (C=O) groups is 1. The van der Waals surface area contributed by atoms with E-state index in [9.17, 15) is 18.0 Å². The van der Waals surface area contributed by atoms with Gasteiger partial charge in [0.2, 0.25) is 0 Å². The molecular weight excluding hydrogens is 544 g/mol. The van der Waals surface area contributed by atoms with E-state index in [1.807, 2.05) is 0 Å². The monoisotopic (exact) mass is 568 g/mol. The summed E-state index contributed by atoms with van der Waals surface area (Å²) in [6.07, 6.45) is 6.58. The van der Waals surface area contributed by atoms with Crippen LogP contribution in [0.5, 0.6) is 0 Å². The van der Waals surface area contributed by atoms with E-state index >= 15 is 0 Å². The van der Waals surface area contributed by atoms with Crippen LogP contribution in [-0.2, 0) is 0 Å². The fourth-order valence-corrected chi connectivity index (χ4v) is 6.69. The zero-order chi connectivity index (χ0) is 24.8. The van der Waals surface area contributed by atoms with Crippen LogP contribution in [0.3, 0.4) is 0 Å². The van der Waals surface area contributed by atoms with E-state index in [0.29, 0.717) is 27.7 Å². The average Bonchev–Trinajstić information content (AvgIpc) is 3.11. The van der Waals surface area contributed by atoms with E-state index in [4.69, 9.17) is 0 Å². The number of fused-ring (bicyclic) bond motifs is 2. The van der Waals surface area contributed by atoms with Gasteiger partial charge in [0, 0.05) is 0 Å². The second kappa shape index (κ2) is 9.13. The summed E-state index contributed by atoms with van der Waals surface area (Å²) in [6.45, 7) is 3.79. The molecule has 2 N–H and O–H groups in total. The number of aromatic nitrogens is 3. The Labute approximate surface area is 210 Å². The van der Waals surface area contributed by atoms with Crippen LogP contribution in [0.1, 0.15) is 33.1 Å². The average molecular weight is 567 g/mol. The van der Waals surface area contributed by atoms with Crippen molar-refractivity contribution in [2.75, 3.05) is 32.0 Å². The second-order valence-electron chi connectivity index (χ2n) is 8.86. The number of hydrogen-bond donors (Lipinski definition) is 2. The van der Waals surface area contributed by atoms with Gasteiger partial charge in [-0.15, -0.1) is 0 Å². The van der Waals surface area contributed by atoms with Crippen LogP contribution >= 0.6 is 11.3 Å². The van der Waals surface area contributed by atoms with Gasteiger partial charge in [-0.3, -0.25) is 0 Å². The molecule has 0 bridgehead atoms. The Bertz CT molecular complexity index is 1340. The van der Waals surface area contributed by atoms with Gasteiger partial charge in [0.1, 0.15) is 0 Å². The van der Waals surface area contributed by atoms with E-state index in [2.05, 4.69) is 44.4 Å². The van der Waals surface area contributed by atoms with Crippen molar-refractivity contribution < 1.29 is 18.0 Å². The number of alkyl halides is 3. The number of nitrogens with zero attached hydrogens (tertiary/aromatic N) is 4. The van der Waals surface area contributed by atoms with E-state index in [1.54, 1.807) is 23.6 Å². The Hall–Kier alpha value is -2.58. The number of anilines is 1. The van der Waals surface area contributed by atoms with Crippen LogP contribution in [0.25, 0.3) is 5.52 Å². The summed E-state index contributed by atoms with van der Waals surface area (Å²) in [6, 6.07) is 1.67. The third-order valence-electron chi connectivity index (χ3n) is 6.34. The summed E-state index contributed by atoms with van der Waals surface area (Å²) in [5.41, 5.74) is 0.849. The number of amides is 1. The molecule has 3 aromatic heterocycles. The number of likely N-dealkylation sites (tertiary alicyclic amines) is 1. The predicted octanol–water partition coefficient (Wildman–Crippen LogP) is 2.24. The van der Waals surface area contributed by atoms with Crippen molar-refractivity contribution >= 4 is 48.1 Å². The standard InChI is InChI=1S/C23H23F3N6OSSe/c1-14-29-12-18(34-14)20(33)28-6-3-4-15-10-17-19(30-22-5-8-31(2)13-16(22)11-22)27-7-9-32(17)21(15)35-23(24,25)26/h7,9-10,12,16H,5-6,8,11,13H2,1-2H3,(H,27,30)(H,28,33)/t16-,22+/m1/s1. The zero-order valence-corrected chi connectivity index (χ0v) is 21.6. The van der Waals surface area contributed by atoms with Crippen molar-refractivity contribution in [2.24, 2.45) is 5.92 Å². The minimum absolute atomic E-state index is 0.0160. The molecule has 2 aliphatic rings. The summed E-state index contributed by atoms with van der Waals surface area (Å²) < 4.78 is 42.0. The molecule has 35 heavy (non-hydrogen) atoms. The quantitative estimate of drug-likeness (QED) is 0.366. The Morgan fingerprint density at radius 3 is 2.94 bits per heavy atom. The number of piperidine rings is 1. The first-order valence-electron chi connectivity index (χ1n) is 11.1. The van der Waals surface area contributed by atoms with Crippen molar-refractivity contribution in [3.63, 3.8) is 0 Å². The number of halogens is 3. The van der Waals surface area contributed by atoms with Crippen LogP contribution in [-0.4, -0.2) is 77.4 Å². The second-order valence-corrected chi connectivity index (χ2v) is 12.3. The summed E-state index contributed by atoms with van der Waals surface area (Å²) in [5, 5.41) is 2.67. The van der Waals surface area contributed by atoms with E-state index < -0.39 is 20.0 Å². The molecule has 1 aliphatic heterocycles. The Morgan fingerprint density at radius 1 is 1.40 bits per heavy atom. The third kappa shape index (κ3) is 5.19. The summed E-state index contributed by atoms with van der Waals surface area (Å²) >= 11 is -0.525. The van der Waals surface area contributed by atoms with Crippen LogP contribution in [0.2, 0.25) is 0 Å². The molecule has 0 spiro atoms. The normalized spacial score (nSPS) is 21.8. The number of rotatable bonds is 5. The molecule has 12 heteroatoms. The van der Waals surface area contributed by atoms with E-state index in [-0.39, 0.29) is 22.6 Å². The van der Waals surface area contributed by atoms with Crippen molar-refractivity contribution in [3.8, 4) is 11.8 Å². The first-order valence-corrected chi connectivity index (χ1v) is 13.6. The Kier molecular flexibility index (Phi) is 6.30. The van der Waals surface area contributed by atoms with Gasteiger partial charge in [-0.1, -0.05) is 0 Å². The molecule has 5 rings (SSSR count). The van der Waals surface area contributed by atoms with Gasteiger partial charge in [0.25, 0.3) is 0 Å². The first-order chi connectivity index (χ1) is 16.6. The topological polar surface area (TPSA) is 74.6 Å². The summed E-state index contributed by atoms with van der Waals surface area (Å²) in [4.78, 5) is 23.5. The van der Waals surface area contributed by atoms with Gasteiger partial charge in [0.15, 0.2) is 0 Å². The molecule has 184 valence electrons. The maximum atomic E-state index is 13.5. The molecule has 1 amide bonds. The molecule has 0 aromatic carbocycles. The fourth-order valence-electron chi connectivity index (χ4n) is 4.53. The van der Waals surface area contributed by atoms with Gasteiger partial charge >= 0.3 is 211 Å². The van der Waals surface area contributed by atoms with Crippen LogP contribution in [0, 0.1) is 24.7 Å². The minimum atomic E-state index is -4.33. The van der Waals surface area contributed by atoms with Crippen molar-refractivity contribution in [3.05, 3.63) is 40.1 Å². The first kappa shape index (κ1) is 24.1. The summed E-state index contributed by atoms with van der Waals surface area (Å²) in [5.74, 6) is 6.45. The van der Waals surface area contributed by atoms with Gasteiger partial charge in [-0.25, -0.2) is 0 Å². The molecule has 7 nitrogen and oxygen atoms in total. The fraction of sp³-hybridized carbons (Fsp3) is 0.435. The number of aryl methyl sites for hydroxylation is 1. The van der Waals surface area contributed by atoms with Crippen LogP contribution in [0.15, 0.2) is 24.7 Å². The SMILES string of the molecule is Cc1ncc(C(=O)NCC#Cc2cc3c(N[C@]45CCN(C)C[C@H]4C5)nccn3c2[Se]C(F)(F)F)s1. The van der Waals surface area contributed by atoms with Crippen molar-refractivity contribution in [2.45, 2.75) is 30.4 Å². The molecule has 0 unspecified atom stereocenters. The molecule has 0 radical (unpaired) electrons. The molecule has 2 atom stereocenters. The zero-order valence-electron chi connectivity index (χ0n) is 19.1. The Balaban J connectivity index is 1.40. The third-order valence-corrected chi connectivity index (χ3v) is 9.02.